The van der Waals surface area contributed by atoms with E-state index in [0.717, 1.165) is 62.0 Å². The lowest BCUT2D eigenvalue weighted by Crippen LogP contribution is -2.47. The van der Waals surface area contributed by atoms with Gasteiger partial charge in [-0.15, -0.1) is 0 Å². The van der Waals surface area contributed by atoms with Crippen LogP contribution in [0.4, 0.5) is 30.2 Å². The first kappa shape index (κ1) is 30.5. The summed E-state index contributed by atoms with van der Waals surface area (Å²) in [5.41, 5.74) is -0.744. The quantitative estimate of drug-likeness (QED) is 0.330. The largest absolute Gasteiger partial charge is 0.423 e. The average Bonchev–Trinajstić information content (AvgIpc) is 2.89. The Kier molecular flexibility index (Phi) is 10.4. The van der Waals surface area contributed by atoms with Gasteiger partial charge in [-0.05, 0) is 62.2 Å². The Morgan fingerprint density at radius 1 is 0.974 bits per heavy atom. The number of halogens is 4. The molecule has 0 spiro atoms. The summed E-state index contributed by atoms with van der Waals surface area (Å²) in [6.45, 7) is 5.47. The lowest BCUT2D eigenvalue weighted by atomic mass is 10.0. The van der Waals surface area contributed by atoms with E-state index in [-0.39, 0.29) is 19.4 Å². The molecule has 12 heteroatoms. The number of nitro benzene ring substituents is 1. The van der Waals surface area contributed by atoms with Gasteiger partial charge in [0.25, 0.3) is 5.69 Å². The second-order valence-electron chi connectivity index (χ2n) is 9.69. The Morgan fingerprint density at radius 2 is 1.56 bits per heavy atom. The molecule has 0 saturated carbocycles. The van der Waals surface area contributed by atoms with Gasteiger partial charge in [-0.25, -0.2) is 0 Å². The summed E-state index contributed by atoms with van der Waals surface area (Å²) in [4.78, 5) is 28.9. The number of carbonyl (C=O) groups is 1. The predicted octanol–water partition coefficient (Wildman–Crippen LogP) is 5.59. The van der Waals surface area contributed by atoms with Gasteiger partial charge in [0.1, 0.15) is 5.56 Å². The summed E-state index contributed by atoms with van der Waals surface area (Å²) in [6.07, 6.45) is -2.44. The lowest BCUT2D eigenvalue weighted by molar-refractivity contribution is -0.388. The Balaban J connectivity index is 0.00000420. The van der Waals surface area contributed by atoms with Gasteiger partial charge in [0.2, 0.25) is 5.91 Å². The molecule has 2 fully saturated rings. The van der Waals surface area contributed by atoms with Gasteiger partial charge < -0.3 is 15.1 Å². The molecule has 2 aliphatic heterocycles. The maximum atomic E-state index is 13.3. The van der Waals surface area contributed by atoms with E-state index >= 15 is 0 Å². The smallest absolute Gasteiger partial charge is 0.371 e. The molecule has 2 aromatic rings. The highest BCUT2D eigenvalue weighted by Crippen LogP contribution is 2.38. The predicted molar refractivity (Wildman–Crippen MR) is 148 cm³/mol. The monoisotopic (exact) mass is 569 g/mol. The van der Waals surface area contributed by atoms with Crippen molar-refractivity contribution in [3.63, 3.8) is 0 Å². The minimum atomic E-state index is -4.81. The molecule has 2 aliphatic rings. The molecular formula is C27H35ClF3N5O3. The van der Waals surface area contributed by atoms with Crippen molar-refractivity contribution in [2.45, 2.75) is 45.3 Å². The minimum absolute atomic E-state index is 0. The Bertz CT molecular complexity index is 1120. The standard InChI is InChI=1S/C26H31ClF3N5O3.CH4/c27-19-3-5-21(6-4-19)34-16-14-32(15-17-34)11-1-2-25(36)31-20-9-12-33(13-10-20)22-7-8-24(35(37)38)23(18-22)26(28,29)30;/h3-8,18,20H,1-2,9-17H2,(H,31,36);1H4. The number of rotatable bonds is 8. The van der Waals surface area contributed by atoms with Gasteiger partial charge in [-0.3, -0.25) is 19.8 Å². The van der Waals surface area contributed by atoms with Crippen LogP contribution < -0.4 is 15.1 Å². The van der Waals surface area contributed by atoms with Gasteiger partial charge in [0.05, 0.1) is 4.92 Å². The summed E-state index contributed by atoms with van der Waals surface area (Å²) < 4.78 is 39.9. The summed E-state index contributed by atoms with van der Waals surface area (Å²) >= 11 is 5.97. The maximum absolute atomic E-state index is 13.3. The number of benzene rings is 2. The van der Waals surface area contributed by atoms with E-state index in [4.69, 9.17) is 11.6 Å². The third-order valence-electron chi connectivity index (χ3n) is 7.15. The molecule has 0 unspecified atom stereocenters. The van der Waals surface area contributed by atoms with Crippen molar-refractivity contribution in [3.8, 4) is 0 Å². The van der Waals surface area contributed by atoms with Gasteiger partial charge >= 0.3 is 6.18 Å². The molecule has 214 valence electrons. The number of piperazine rings is 1. The van der Waals surface area contributed by atoms with Gasteiger partial charge in [-0.1, -0.05) is 19.0 Å². The molecule has 0 radical (unpaired) electrons. The van der Waals surface area contributed by atoms with E-state index in [2.05, 4.69) is 15.1 Å². The number of nitro groups is 1. The topological polar surface area (TPSA) is 82.0 Å². The SMILES string of the molecule is C.O=C(CCCN1CCN(c2ccc(Cl)cc2)CC1)NC1CCN(c2ccc([N+](=O)[O-])c(C(F)(F)F)c2)CC1. The third kappa shape index (κ3) is 8.22. The van der Waals surface area contributed by atoms with E-state index < -0.39 is 22.4 Å². The zero-order valence-corrected chi connectivity index (χ0v) is 21.7. The Labute approximate surface area is 231 Å². The first-order valence-corrected chi connectivity index (χ1v) is 13.1. The van der Waals surface area contributed by atoms with Crippen LogP contribution in [0.25, 0.3) is 0 Å². The van der Waals surface area contributed by atoms with Crippen LogP contribution in [-0.2, 0) is 11.0 Å². The lowest BCUT2D eigenvalue weighted by Gasteiger charge is -2.36. The molecule has 0 aromatic heterocycles. The Morgan fingerprint density at radius 3 is 2.15 bits per heavy atom. The number of nitrogens with zero attached hydrogens (tertiary/aromatic N) is 4. The van der Waals surface area contributed by atoms with Gasteiger partial charge in [0.15, 0.2) is 0 Å². The Hall–Kier alpha value is -3.05. The summed E-state index contributed by atoms with van der Waals surface area (Å²) in [5.74, 6) is -0.0158. The number of hydrogen-bond acceptors (Lipinski definition) is 6. The molecule has 2 aromatic carbocycles. The van der Waals surface area contributed by atoms with E-state index in [0.29, 0.717) is 38.0 Å². The molecule has 0 atom stereocenters. The summed E-state index contributed by atoms with van der Waals surface area (Å²) in [7, 11) is 0. The van der Waals surface area contributed by atoms with Crippen molar-refractivity contribution in [2.24, 2.45) is 0 Å². The average molecular weight is 570 g/mol. The van der Waals surface area contributed by atoms with Crippen LogP contribution in [0.5, 0.6) is 0 Å². The first-order valence-electron chi connectivity index (χ1n) is 12.7. The molecule has 1 amide bonds. The molecule has 0 bridgehead atoms. The van der Waals surface area contributed by atoms with Crippen molar-refractivity contribution in [1.29, 1.82) is 0 Å². The second-order valence-corrected chi connectivity index (χ2v) is 10.1. The first-order chi connectivity index (χ1) is 18.1. The maximum Gasteiger partial charge on any atom is 0.423 e. The van der Waals surface area contributed by atoms with Gasteiger partial charge in [-0.2, -0.15) is 13.2 Å². The number of nitrogens with one attached hydrogen (secondary N) is 1. The molecule has 2 saturated heterocycles. The highest BCUT2D eigenvalue weighted by Gasteiger charge is 2.39. The number of carbonyl (C=O) groups excluding carboxylic acids is 1. The highest BCUT2D eigenvalue weighted by molar-refractivity contribution is 6.30. The number of hydrogen-bond donors (Lipinski definition) is 1. The van der Waals surface area contributed by atoms with Crippen molar-refractivity contribution >= 4 is 34.6 Å². The fourth-order valence-electron chi connectivity index (χ4n) is 5.03. The number of anilines is 2. The fraction of sp³-hybridized carbons (Fsp3) is 0.519. The number of amides is 1. The van der Waals surface area contributed by atoms with Crippen LogP contribution in [0.1, 0.15) is 38.7 Å². The van der Waals surface area contributed by atoms with Crippen LogP contribution in [0.3, 0.4) is 0 Å². The van der Waals surface area contributed by atoms with Crippen LogP contribution in [0.2, 0.25) is 5.02 Å². The summed E-state index contributed by atoms with van der Waals surface area (Å²) in [6, 6.07) is 10.9. The zero-order valence-electron chi connectivity index (χ0n) is 20.9. The molecule has 8 nitrogen and oxygen atoms in total. The van der Waals surface area contributed by atoms with E-state index in [1.54, 1.807) is 4.90 Å². The highest BCUT2D eigenvalue weighted by atomic mass is 35.5. The van der Waals surface area contributed by atoms with E-state index in [9.17, 15) is 28.1 Å². The van der Waals surface area contributed by atoms with Crippen LogP contribution in [-0.4, -0.2) is 67.6 Å². The third-order valence-corrected chi connectivity index (χ3v) is 7.40. The van der Waals surface area contributed by atoms with Crippen molar-refractivity contribution < 1.29 is 22.9 Å². The molecule has 2 heterocycles. The fourth-order valence-corrected chi connectivity index (χ4v) is 5.16. The van der Waals surface area contributed by atoms with E-state index in [1.165, 1.54) is 6.07 Å². The molecule has 4 rings (SSSR count). The molecule has 0 aliphatic carbocycles. The van der Waals surface area contributed by atoms with Gasteiger partial charge in [0, 0.05) is 74.2 Å². The van der Waals surface area contributed by atoms with Crippen LogP contribution >= 0.6 is 11.6 Å². The van der Waals surface area contributed by atoms with Crippen LogP contribution in [0.15, 0.2) is 42.5 Å². The summed E-state index contributed by atoms with van der Waals surface area (Å²) in [5, 5.41) is 14.8. The van der Waals surface area contributed by atoms with Crippen molar-refractivity contribution in [2.75, 3.05) is 55.6 Å². The molecular weight excluding hydrogens is 535 g/mol. The normalized spacial score (nSPS) is 17.0. The van der Waals surface area contributed by atoms with Crippen molar-refractivity contribution in [1.82, 2.24) is 10.2 Å². The van der Waals surface area contributed by atoms with E-state index in [1.807, 2.05) is 24.3 Å². The molecule has 39 heavy (non-hydrogen) atoms. The second kappa shape index (κ2) is 13.3. The van der Waals surface area contributed by atoms with Crippen LogP contribution in [0, 0.1) is 10.1 Å². The minimum Gasteiger partial charge on any atom is -0.371 e. The van der Waals surface area contributed by atoms with Crippen molar-refractivity contribution in [3.05, 3.63) is 63.2 Å². The molecule has 1 N–H and O–H groups in total. The zero-order chi connectivity index (χ0) is 27.3. The number of alkyl halides is 3. The number of piperidine rings is 1.